The van der Waals surface area contributed by atoms with Crippen molar-refractivity contribution in [1.82, 2.24) is 0 Å². The molecular weight excluding hydrogens is 332 g/mol. The monoisotopic (exact) mass is 360 g/mol. The molecular formula is C25H28O2. The molecule has 3 rings (SSSR count). The number of carbonyl (C=O) groups is 1. The van der Waals surface area contributed by atoms with E-state index in [1.165, 1.54) is 27.8 Å². The fourth-order valence-electron chi connectivity index (χ4n) is 3.95. The third kappa shape index (κ3) is 4.25. The van der Waals surface area contributed by atoms with Gasteiger partial charge in [-0.2, -0.15) is 0 Å². The molecule has 2 atom stereocenters. The van der Waals surface area contributed by atoms with Gasteiger partial charge in [-0.3, -0.25) is 4.79 Å². The molecule has 2 aromatic carbocycles. The topological polar surface area (TPSA) is 26.3 Å². The maximum absolute atomic E-state index is 13.0. The molecule has 0 amide bonds. The number of ether oxygens (including phenoxy) is 1. The summed E-state index contributed by atoms with van der Waals surface area (Å²) >= 11 is 0. The molecule has 0 saturated heterocycles. The van der Waals surface area contributed by atoms with E-state index in [0.717, 1.165) is 19.3 Å². The molecule has 0 heterocycles. The van der Waals surface area contributed by atoms with Gasteiger partial charge in [0.15, 0.2) is 5.60 Å². The summed E-state index contributed by atoms with van der Waals surface area (Å²) in [5.74, 6) is 2.33. The molecule has 0 saturated carbocycles. The number of benzene rings is 2. The van der Waals surface area contributed by atoms with Crippen molar-refractivity contribution in [3.05, 3.63) is 59.2 Å². The number of hydrogen-bond donors (Lipinski definition) is 0. The minimum absolute atomic E-state index is 0.172. The summed E-state index contributed by atoms with van der Waals surface area (Å²) in [5, 5.41) is 0. The minimum atomic E-state index is -0.817. The highest BCUT2D eigenvalue weighted by molar-refractivity contribution is 5.77. The molecule has 2 aromatic rings. The van der Waals surface area contributed by atoms with Gasteiger partial charge in [0.25, 0.3) is 0 Å². The highest BCUT2D eigenvalue weighted by atomic mass is 16.6. The second kappa shape index (κ2) is 8.01. The van der Waals surface area contributed by atoms with Crippen molar-refractivity contribution in [3.8, 4) is 23.5 Å². The van der Waals surface area contributed by atoms with Crippen LogP contribution in [0.4, 0.5) is 0 Å². The zero-order valence-electron chi connectivity index (χ0n) is 16.5. The minimum Gasteiger partial charge on any atom is -0.446 e. The van der Waals surface area contributed by atoms with Crippen molar-refractivity contribution >= 4 is 5.97 Å². The molecule has 2 nitrogen and oxygen atoms in total. The second-order valence-corrected chi connectivity index (χ2v) is 7.80. The number of aryl methyl sites for hydroxylation is 2. The Kier molecular flexibility index (Phi) is 5.71. The van der Waals surface area contributed by atoms with E-state index in [-0.39, 0.29) is 11.9 Å². The third-order valence-electron chi connectivity index (χ3n) is 5.49. The molecule has 140 valence electrons. The summed E-state index contributed by atoms with van der Waals surface area (Å²) in [6.07, 6.45) is 9.55. The van der Waals surface area contributed by atoms with E-state index in [0.29, 0.717) is 12.8 Å². The zero-order valence-corrected chi connectivity index (χ0v) is 16.5. The molecule has 0 bridgehead atoms. The average molecular weight is 360 g/mol. The van der Waals surface area contributed by atoms with Crippen molar-refractivity contribution in [2.24, 2.45) is 5.92 Å². The first-order valence-electron chi connectivity index (χ1n) is 9.84. The van der Waals surface area contributed by atoms with Crippen molar-refractivity contribution in [3.63, 3.8) is 0 Å². The fraction of sp³-hybridized carbons (Fsp3) is 0.400. The Bertz CT molecular complexity index is 874. The number of carbonyl (C=O) groups excluding carboxylic acids is 1. The van der Waals surface area contributed by atoms with Crippen LogP contribution in [0.25, 0.3) is 11.1 Å². The third-order valence-corrected chi connectivity index (χ3v) is 5.49. The van der Waals surface area contributed by atoms with Crippen LogP contribution in [0.15, 0.2) is 42.5 Å². The predicted octanol–water partition coefficient (Wildman–Crippen LogP) is 5.50. The van der Waals surface area contributed by atoms with Crippen LogP contribution in [-0.4, -0.2) is 11.6 Å². The fourth-order valence-corrected chi connectivity index (χ4v) is 3.95. The van der Waals surface area contributed by atoms with Gasteiger partial charge in [-0.25, -0.2) is 0 Å². The molecule has 1 aliphatic rings. The molecule has 0 spiro atoms. The molecule has 0 fully saturated rings. The maximum Gasteiger partial charge on any atom is 0.310 e. The number of hydrogen-bond acceptors (Lipinski definition) is 2. The van der Waals surface area contributed by atoms with Gasteiger partial charge in [-0.1, -0.05) is 67.3 Å². The average Bonchev–Trinajstić information content (AvgIpc) is 2.64. The quantitative estimate of drug-likeness (QED) is 0.531. The van der Waals surface area contributed by atoms with Gasteiger partial charge in [0, 0.05) is 0 Å². The molecule has 27 heavy (non-hydrogen) atoms. The Balaban J connectivity index is 1.92. The Hall–Kier alpha value is -2.53. The van der Waals surface area contributed by atoms with Crippen molar-refractivity contribution in [2.75, 3.05) is 0 Å². The summed E-state index contributed by atoms with van der Waals surface area (Å²) in [5.41, 5.74) is 5.44. The van der Waals surface area contributed by atoms with Crippen LogP contribution in [0, 0.1) is 25.2 Å². The molecule has 0 aromatic heterocycles. The van der Waals surface area contributed by atoms with Crippen LogP contribution in [-0.2, 0) is 22.4 Å². The lowest BCUT2D eigenvalue weighted by Crippen LogP contribution is -2.34. The van der Waals surface area contributed by atoms with Crippen LogP contribution < -0.4 is 0 Å². The Morgan fingerprint density at radius 2 is 2.00 bits per heavy atom. The van der Waals surface area contributed by atoms with Gasteiger partial charge >= 0.3 is 5.97 Å². The molecule has 0 radical (unpaired) electrons. The predicted molar refractivity (Wildman–Crippen MR) is 110 cm³/mol. The summed E-state index contributed by atoms with van der Waals surface area (Å²) in [6, 6.07) is 15.0. The molecule has 2 heteroatoms. The summed E-state index contributed by atoms with van der Waals surface area (Å²) in [7, 11) is 0. The highest BCUT2D eigenvalue weighted by Gasteiger charge is 2.31. The van der Waals surface area contributed by atoms with E-state index in [1.807, 2.05) is 13.0 Å². The Morgan fingerprint density at radius 1 is 1.22 bits per heavy atom. The van der Waals surface area contributed by atoms with Crippen LogP contribution in [0.3, 0.4) is 0 Å². The van der Waals surface area contributed by atoms with Crippen LogP contribution in [0.5, 0.6) is 0 Å². The lowest BCUT2D eigenvalue weighted by molar-refractivity contribution is -0.158. The molecule has 0 aliphatic heterocycles. The van der Waals surface area contributed by atoms with E-state index < -0.39 is 5.60 Å². The van der Waals surface area contributed by atoms with Crippen LogP contribution >= 0.6 is 0 Å². The van der Waals surface area contributed by atoms with Gasteiger partial charge in [-0.05, 0) is 61.8 Å². The van der Waals surface area contributed by atoms with Gasteiger partial charge < -0.3 is 4.74 Å². The van der Waals surface area contributed by atoms with E-state index >= 15 is 0 Å². The first kappa shape index (κ1) is 19.2. The zero-order chi connectivity index (χ0) is 19.4. The van der Waals surface area contributed by atoms with Crippen LogP contribution in [0.2, 0.25) is 0 Å². The van der Waals surface area contributed by atoms with Crippen molar-refractivity contribution in [2.45, 2.75) is 58.5 Å². The lowest BCUT2D eigenvalue weighted by atomic mass is 9.82. The molecule has 0 N–H and O–H groups in total. The normalized spacial score (nSPS) is 18.1. The highest BCUT2D eigenvalue weighted by Crippen LogP contribution is 2.35. The van der Waals surface area contributed by atoms with Gasteiger partial charge in [0.2, 0.25) is 0 Å². The first-order valence-corrected chi connectivity index (χ1v) is 9.84. The second-order valence-electron chi connectivity index (χ2n) is 7.80. The van der Waals surface area contributed by atoms with Crippen molar-refractivity contribution in [1.29, 1.82) is 0 Å². The number of esters is 1. The van der Waals surface area contributed by atoms with Crippen molar-refractivity contribution < 1.29 is 9.53 Å². The van der Waals surface area contributed by atoms with E-state index in [9.17, 15) is 4.79 Å². The molecule has 2 unspecified atom stereocenters. The largest absolute Gasteiger partial charge is 0.446 e. The Labute approximate surface area is 163 Å². The first-order chi connectivity index (χ1) is 13.0. The molecule has 1 aliphatic carbocycles. The van der Waals surface area contributed by atoms with Gasteiger partial charge in [0.1, 0.15) is 0 Å². The summed E-state index contributed by atoms with van der Waals surface area (Å²) < 4.78 is 5.81. The van der Waals surface area contributed by atoms with Crippen LogP contribution in [0.1, 0.15) is 49.8 Å². The lowest BCUT2D eigenvalue weighted by Gasteiger charge is -2.28. The van der Waals surface area contributed by atoms with E-state index in [2.05, 4.69) is 56.2 Å². The number of rotatable bonds is 4. The van der Waals surface area contributed by atoms with E-state index in [4.69, 9.17) is 11.2 Å². The van der Waals surface area contributed by atoms with Gasteiger partial charge in [-0.15, -0.1) is 6.42 Å². The maximum atomic E-state index is 13.0. The smallest absolute Gasteiger partial charge is 0.310 e. The standard InChI is InChI=1S/C25H28O2/c1-5-15-25(4,6-2)27-24(26)21-14-13-19-12-11-18(3)16-23(19)22-10-8-7-9-20(22)17-21/h2,7-12,16,21H,5,13-15,17H2,1,3-4H3. The number of terminal acetylenes is 1. The number of fused-ring (bicyclic) bond motifs is 3. The van der Waals surface area contributed by atoms with Gasteiger partial charge in [0.05, 0.1) is 5.92 Å². The SMILES string of the molecule is C#CC(C)(CCC)OC(=O)C1CCc2ccc(C)cc2-c2ccccc2C1. The Morgan fingerprint density at radius 3 is 2.74 bits per heavy atom. The van der Waals surface area contributed by atoms with E-state index in [1.54, 1.807) is 0 Å². The summed E-state index contributed by atoms with van der Waals surface area (Å²) in [6.45, 7) is 6.01. The summed E-state index contributed by atoms with van der Waals surface area (Å²) in [4.78, 5) is 13.0.